The van der Waals surface area contributed by atoms with Crippen LogP contribution in [0.2, 0.25) is 10.0 Å². The third kappa shape index (κ3) is 3.18. The van der Waals surface area contributed by atoms with Gasteiger partial charge in [0.1, 0.15) is 0 Å². The Balaban J connectivity index is 2.20. The van der Waals surface area contributed by atoms with Crippen LogP contribution < -0.4 is 4.74 Å². The number of Topliss-reactive ketones (excluding diaryl/α,β-unsaturated/α-hetero) is 2. The Hall–Kier alpha value is -1.78. The fourth-order valence-electron chi connectivity index (χ4n) is 2.39. The molecular weight excluding hydrogens is 325 g/mol. The number of aromatic amines is 1. The van der Waals surface area contributed by atoms with E-state index in [9.17, 15) is 9.59 Å². The summed E-state index contributed by atoms with van der Waals surface area (Å²) >= 11 is 12.0. The highest BCUT2D eigenvalue weighted by Crippen LogP contribution is 2.32. The van der Waals surface area contributed by atoms with Crippen LogP contribution in [0.1, 0.15) is 39.0 Å². The summed E-state index contributed by atoms with van der Waals surface area (Å²) in [6.07, 6.45) is 0. The molecule has 0 radical (unpaired) electrons. The standard InChI is InChI=1S/C16H15Cl2NO3/c1-8-14(10(3)20)9(2)19-15(8)13(21)7-22-16-11(17)5-4-6-12(16)18/h4-6,19H,7H2,1-3H3. The van der Waals surface area contributed by atoms with Crippen molar-refractivity contribution in [3.05, 3.63) is 50.8 Å². The summed E-state index contributed by atoms with van der Waals surface area (Å²) in [6.45, 7) is 4.74. The summed E-state index contributed by atoms with van der Waals surface area (Å²) in [5.41, 5.74) is 2.21. The maximum Gasteiger partial charge on any atom is 0.216 e. The normalized spacial score (nSPS) is 10.6. The second-order valence-electron chi connectivity index (χ2n) is 4.94. The SMILES string of the molecule is CC(=O)c1c(C)[nH]c(C(=O)COc2c(Cl)cccc2Cl)c1C. The van der Waals surface area contributed by atoms with E-state index in [1.807, 2.05) is 0 Å². The molecule has 6 heteroatoms. The van der Waals surface area contributed by atoms with E-state index in [2.05, 4.69) is 4.98 Å². The van der Waals surface area contributed by atoms with Crippen LogP contribution in [0.3, 0.4) is 0 Å². The molecule has 0 aliphatic heterocycles. The molecule has 1 heterocycles. The van der Waals surface area contributed by atoms with Crippen LogP contribution in [0.5, 0.6) is 5.75 Å². The maximum atomic E-state index is 12.3. The monoisotopic (exact) mass is 339 g/mol. The minimum atomic E-state index is -0.274. The lowest BCUT2D eigenvalue weighted by Gasteiger charge is -2.09. The topological polar surface area (TPSA) is 59.2 Å². The highest BCUT2D eigenvalue weighted by atomic mass is 35.5. The number of benzene rings is 1. The van der Waals surface area contributed by atoms with Gasteiger partial charge in [0, 0.05) is 11.3 Å². The van der Waals surface area contributed by atoms with Gasteiger partial charge in [-0.15, -0.1) is 0 Å². The molecule has 2 rings (SSSR count). The molecule has 0 unspecified atom stereocenters. The summed E-state index contributed by atoms with van der Waals surface area (Å²) in [4.78, 5) is 26.8. The van der Waals surface area contributed by atoms with Gasteiger partial charge >= 0.3 is 0 Å². The van der Waals surface area contributed by atoms with E-state index in [4.69, 9.17) is 27.9 Å². The predicted molar refractivity (Wildman–Crippen MR) is 86.6 cm³/mol. The number of rotatable bonds is 5. The molecule has 0 amide bonds. The highest BCUT2D eigenvalue weighted by molar-refractivity contribution is 6.37. The first-order valence-electron chi connectivity index (χ1n) is 6.63. The van der Waals surface area contributed by atoms with E-state index in [0.29, 0.717) is 32.6 Å². The molecule has 4 nitrogen and oxygen atoms in total. The molecule has 0 bridgehead atoms. The predicted octanol–water partition coefficient (Wildman–Crippen LogP) is 4.40. The van der Waals surface area contributed by atoms with E-state index >= 15 is 0 Å². The van der Waals surface area contributed by atoms with Gasteiger partial charge < -0.3 is 9.72 Å². The lowest BCUT2D eigenvalue weighted by atomic mass is 10.1. The number of hydrogen-bond acceptors (Lipinski definition) is 3. The number of halogens is 2. The number of para-hydroxylation sites is 1. The van der Waals surface area contributed by atoms with E-state index in [0.717, 1.165) is 0 Å². The van der Waals surface area contributed by atoms with Gasteiger partial charge in [-0.2, -0.15) is 0 Å². The molecule has 0 aliphatic carbocycles. The Bertz CT molecular complexity index is 730. The van der Waals surface area contributed by atoms with E-state index in [1.165, 1.54) is 6.92 Å². The number of nitrogens with one attached hydrogen (secondary N) is 1. The Labute approximate surface area is 138 Å². The second-order valence-corrected chi connectivity index (χ2v) is 5.76. The molecule has 0 aliphatic rings. The lowest BCUT2D eigenvalue weighted by Crippen LogP contribution is -2.13. The van der Waals surface area contributed by atoms with Crippen LogP contribution in [0.4, 0.5) is 0 Å². The summed E-state index contributed by atoms with van der Waals surface area (Å²) in [5, 5.41) is 0.674. The van der Waals surface area contributed by atoms with Gasteiger partial charge in [0.15, 0.2) is 18.1 Å². The van der Waals surface area contributed by atoms with Crippen molar-refractivity contribution in [1.82, 2.24) is 4.98 Å². The zero-order valence-electron chi connectivity index (χ0n) is 12.4. The van der Waals surface area contributed by atoms with Crippen molar-refractivity contribution < 1.29 is 14.3 Å². The first kappa shape index (κ1) is 16.6. The van der Waals surface area contributed by atoms with Crippen LogP contribution in [-0.4, -0.2) is 23.2 Å². The minimum Gasteiger partial charge on any atom is -0.482 e. The van der Waals surface area contributed by atoms with Crippen LogP contribution in [0.15, 0.2) is 18.2 Å². The zero-order chi connectivity index (χ0) is 16.4. The average Bonchev–Trinajstić information content (AvgIpc) is 2.73. The van der Waals surface area contributed by atoms with Crippen LogP contribution >= 0.6 is 23.2 Å². The zero-order valence-corrected chi connectivity index (χ0v) is 13.9. The average molecular weight is 340 g/mol. The molecule has 0 saturated carbocycles. The maximum absolute atomic E-state index is 12.3. The number of ketones is 2. The van der Waals surface area contributed by atoms with Crippen molar-refractivity contribution in [3.8, 4) is 5.75 Å². The molecule has 0 spiro atoms. The Morgan fingerprint density at radius 1 is 1.18 bits per heavy atom. The Kier molecular flexibility index (Phi) is 4.94. The van der Waals surface area contributed by atoms with E-state index < -0.39 is 0 Å². The summed E-state index contributed by atoms with van der Waals surface area (Å²) in [5.74, 6) is -0.0867. The highest BCUT2D eigenvalue weighted by Gasteiger charge is 2.20. The van der Waals surface area contributed by atoms with Gasteiger partial charge in [0.2, 0.25) is 5.78 Å². The van der Waals surface area contributed by atoms with E-state index in [-0.39, 0.29) is 23.9 Å². The van der Waals surface area contributed by atoms with Gasteiger partial charge in [0.25, 0.3) is 0 Å². The smallest absolute Gasteiger partial charge is 0.216 e. The molecule has 22 heavy (non-hydrogen) atoms. The number of carbonyl (C=O) groups excluding carboxylic acids is 2. The number of hydrogen-bond donors (Lipinski definition) is 1. The number of ether oxygens (including phenoxy) is 1. The van der Waals surface area contributed by atoms with Gasteiger partial charge in [0.05, 0.1) is 15.7 Å². The molecule has 116 valence electrons. The van der Waals surface area contributed by atoms with E-state index in [1.54, 1.807) is 32.0 Å². The fourth-order valence-corrected chi connectivity index (χ4v) is 2.89. The molecule has 1 aromatic carbocycles. The molecule has 1 aromatic heterocycles. The lowest BCUT2D eigenvalue weighted by molar-refractivity contribution is 0.0916. The van der Waals surface area contributed by atoms with Crippen molar-refractivity contribution in [3.63, 3.8) is 0 Å². The quantitative estimate of drug-likeness (QED) is 0.821. The van der Waals surface area contributed by atoms with Crippen LogP contribution in [0.25, 0.3) is 0 Å². The fraction of sp³-hybridized carbons (Fsp3) is 0.250. The van der Waals surface area contributed by atoms with Crippen molar-refractivity contribution in [2.45, 2.75) is 20.8 Å². The molecule has 2 aromatic rings. The number of carbonyl (C=O) groups is 2. The molecule has 0 saturated heterocycles. The van der Waals surface area contributed by atoms with Crippen molar-refractivity contribution >= 4 is 34.8 Å². The number of aromatic nitrogens is 1. The molecule has 1 N–H and O–H groups in total. The first-order valence-corrected chi connectivity index (χ1v) is 7.38. The summed E-state index contributed by atoms with van der Waals surface area (Å²) in [7, 11) is 0. The van der Waals surface area contributed by atoms with Crippen molar-refractivity contribution in [1.29, 1.82) is 0 Å². The third-order valence-electron chi connectivity index (χ3n) is 3.33. The van der Waals surface area contributed by atoms with Crippen LogP contribution in [-0.2, 0) is 0 Å². The second kappa shape index (κ2) is 6.55. The molecular formula is C16H15Cl2NO3. The molecule has 0 fully saturated rings. The van der Waals surface area contributed by atoms with Crippen molar-refractivity contribution in [2.75, 3.05) is 6.61 Å². The van der Waals surface area contributed by atoms with Gasteiger partial charge in [-0.25, -0.2) is 0 Å². The number of aryl methyl sites for hydroxylation is 1. The third-order valence-corrected chi connectivity index (χ3v) is 3.93. The van der Waals surface area contributed by atoms with Gasteiger partial charge in [-0.05, 0) is 38.5 Å². The Morgan fingerprint density at radius 2 is 1.77 bits per heavy atom. The summed E-state index contributed by atoms with van der Waals surface area (Å²) in [6, 6.07) is 4.95. The van der Waals surface area contributed by atoms with Crippen LogP contribution in [0, 0.1) is 13.8 Å². The summed E-state index contributed by atoms with van der Waals surface area (Å²) < 4.78 is 5.43. The number of H-pyrrole nitrogens is 1. The van der Waals surface area contributed by atoms with Gasteiger partial charge in [-0.3, -0.25) is 9.59 Å². The molecule has 0 atom stereocenters. The largest absolute Gasteiger partial charge is 0.482 e. The van der Waals surface area contributed by atoms with Crippen molar-refractivity contribution in [2.24, 2.45) is 0 Å². The Morgan fingerprint density at radius 3 is 2.27 bits per heavy atom. The van der Waals surface area contributed by atoms with Gasteiger partial charge in [-0.1, -0.05) is 29.3 Å². The first-order chi connectivity index (χ1) is 10.3. The minimum absolute atomic E-state index is 0.0830.